The Labute approximate surface area is 736 Å². The van der Waals surface area contributed by atoms with Gasteiger partial charge in [0.25, 0.3) is 0 Å². The van der Waals surface area contributed by atoms with Crippen molar-refractivity contribution in [1.82, 2.24) is 0 Å². The monoisotopic (exact) mass is 1570 g/mol. The quantitative estimate of drug-likeness (QED) is 0.0967. The molecule has 15 aromatic rings. The predicted molar refractivity (Wildman–Crippen MR) is 500 cm³/mol. The van der Waals surface area contributed by atoms with Gasteiger partial charge in [0.15, 0.2) is 31.0 Å². The maximum absolute atomic E-state index is 8.81. The minimum absolute atomic E-state index is 0.0514. The normalized spacial score (nSPS) is 14.4. The van der Waals surface area contributed by atoms with E-state index in [0.29, 0.717) is 16.7 Å². The Morgan fingerprint density at radius 1 is 0.280 bits per heavy atom. The van der Waals surface area contributed by atoms with Crippen molar-refractivity contribution in [2.45, 2.75) is 143 Å². The third-order valence-corrected chi connectivity index (χ3v) is 21.0. The molecule has 0 aliphatic heterocycles. The van der Waals surface area contributed by atoms with Crippen LogP contribution in [0.1, 0.15) is 160 Å². The maximum atomic E-state index is 8.81. The van der Waals surface area contributed by atoms with Crippen LogP contribution in [0.4, 0.5) is 0 Å². The number of pyridine rings is 5. The average Bonchev–Trinajstić information content (AvgIpc) is 0.747. The van der Waals surface area contributed by atoms with Gasteiger partial charge in [0, 0.05) is 113 Å². The van der Waals surface area contributed by atoms with Gasteiger partial charge in [0.1, 0.15) is 35.2 Å². The van der Waals surface area contributed by atoms with Crippen LogP contribution in [0.3, 0.4) is 0 Å². The zero-order valence-corrected chi connectivity index (χ0v) is 71.8. The zero-order chi connectivity index (χ0) is 102. The molecule has 0 saturated heterocycles. The molecule has 0 unspecified atom stereocenters. The standard InChI is InChI=1S/C25H30N.C24H28N.C23H26N.C21H22N.C20H20N/c1-18-12-13-21(20-10-8-7-9-11-20)14-23(18)24-15-22(16-25(3,4)5)19(2)17-26(24)6;1-17(2)13-22-15-24(25(5)16-19(22)4)23-14-21(12-11-18(23)3)20-9-7-6-8-10-20;1-16(2)21-14-23(24(5)15-18(21)4)22-13-20(12-11-17(22)3)19-9-7-6-8-10-19;1-15-10-11-19(18-8-6-5-7-9-18)13-20(15)21-12-16(2)17(3)14-22(21)4;1-15-9-12-20(21(3)14-15)19-13-18(11-10-16(19)2)17-7-5-4-6-8-17/h7-15,17H,16H2,1-6H3;6-12,14-17H,13H2,1-5H3;6-16H,1-5H3;5-14H,1-4H3;4-14H,1-3H3/q5*+1/i2D3,16D2;4D3,13D2;4D3,16D;3D3;1D3. The molecule has 0 saturated carbocycles. The molecule has 0 aliphatic carbocycles. The molecule has 0 bridgehead atoms. The lowest BCUT2D eigenvalue weighted by atomic mass is 9.86. The lowest BCUT2D eigenvalue weighted by molar-refractivity contribution is -0.660. The smallest absolute Gasteiger partial charge is 0.201 e. The van der Waals surface area contributed by atoms with Gasteiger partial charge in [0.2, 0.25) is 28.5 Å². The van der Waals surface area contributed by atoms with E-state index in [1.807, 2.05) is 198 Å². The molecule has 0 spiro atoms. The van der Waals surface area contributed by atoms with Crippen LogP contribution in [0, 0.1) is 87.1 Å². The summed E-state index contributed by atoms with van der Waals surface area (Å²) in [6.07, 6.45) is 4.61. The number of aryl methyl sites for hydroxylation is 16. The topological polar surface area (TPSA) is 19.4 Å². The number of nitrogens with zero attached hydrogens (tertiary/aromatic N) is 5. The van der Waals surface area contributed by atoms with Gasteiger partial charge in [-0.3, -0.25) is 0 Å². The molecule has 598 valence electrons. The van der Waals surface area contributed by atoms with E-state index in [1.165, 1.54) is 11.1 Å². The first kappa shape index (κ1) is 63.1. The molecule has 0 amide bonds. The fourth-order valence-electron chi connectivity index (χ4n) is 14.5. The number of rotatable bonds is 14. The summed E-state index contributed by atoms with van der Waals surface area (Å²) in [5.74, 6) is -1.38. The maximum Gasteiger partial charge on any atom is 0.212 e. The molecule has 5 aromatic heterocycles. The van der Waals surface area contributed by atoms with Crippen molar-refractivity contribution in [3.63, 3.8) is 0 Å². The van der Waals surface area contributed by atoms with Gasteiger partial charge in [-0.2, -0.15) is 0 Å². The summed E-state index contributed by atoms with van der Waals surface area (Å²) in [5, 5.41) is 0. The Kier molecular flexibility index (Phi) is 21.0. The lowest BCUT2D eigenvalue weighted by Crippen LogP contribution is -2.32. The number of aromatic nitrogens is 5. The van der Waals surface area contributed by atoms with Crippen molar-refractivity contribution in [3.8, 4) is 112 Å². The molecular weight excluding hydrogens is 1430 g/mol. The van der Waals surface area contributed by atoms with Gasteiger partial charge in [-0.15, -0.1) is 0 Å². The highest BCUT2D eigenvalue weighted by Gasteiger charge is 2.24. The molecule has 0 aliphatic rings. The molecule has 5 heterocycles. The summed E-state index contributed by atoms with van der Waals surface area (Å²) in [6, 6.07) is 93.2. The summed E-state index contributed by atoms with van der Waals surface area (Å²) in [7, 11) is 9.28. The Morgan fingerprint density at radius 3 is 0.890 bits per heavy atom. The molecule has 118 heavy (non-hydrogen) atoms. The van der Waals surface area contributed by atoms with Crippen LogP contribution in [0.25, 0.3) is 112 Å². The van der Waals surface area contributed by atoms with E-state index < -0.39 is 58.3 Å². The first-order chi connectivity index (χ1) is 64.3. The predicted octanol–water partition coefficient (Wildman–Crippen LogP) is 26.5. The fourth-order valence-corrected chi connectivity index (χ4v) is 14.5. The highest BCUT2D eigenvalue weighted by molar-refractivity contribution is 5.78. The Bertz CT molecular complexity index is 6830. The molecule has 15 rings (SSSR count). The van der Waals surface area contributed by atoms with Crippen LogP contribution >= 0.6 is 0 Å². The number of benzene rings is 10. The molecule has 5 nitrogen and oxygen atoms in total. The van der Waals surface area contributed by atoms with Crippen LogP contribution in [0.5, 0.6) is 0 Å². The van der Waals surface area contributed by atoms with E-state index in [0.717, 1.165) is 134 Å². The van der Waals surface area contributed by atoms with Crippen LogP contribution in [-0.4, -0.2) is 0 Å². The van der Waals surface area contributed by atoms with Gasteiger partial charge in [0.05, 0.1) is 0 Å². The molecular formula is C113H126N5+5. The average molecular weight is 1570 g/mol. The SMILES string of the molecule is [2H]C([2H])([2H])c1c[n+](C)c(-c2cc(-c3ccccc3)ccc2C)cc1C.[2H]C([2H])([2H])c1c[n+](C)c(-c2cc(-c3ccccc3)ccc2C)cc1C([2H])(C)C.[2H]C([2H])([2H])c1c[n+](C)c(-c2cc(-c3ccccc3)ccc2C)cc1C([2H])([2H])C(C)(C)C.[2H]C([2H])([2H])c1c[n+](C)c(-c2cc(-c3ccccc3)ccc2C)cc1C([2H])([2H])C(C)C.[2H]C([2H])([2H])c1ccc(-c2cc(-c3ccccc3)ccc2C)[n+](C)c1. The summed E-state index contributed by atoms with van der Waals surface area (Å²) in [5.41, 5.74) is 28.4. The van der Waals surface area contributed by atoms with Crippen molar-refractivity contribution in [2.75, 3.05) is 0 Å². The molecule has 0 atom stereocenters. The third kappa shape index (κ3) is 22.2. The van der Waals surface area contributed by atoms with E-state index in [-0.39, 0.29) is 33.7 Å². The minimum atomic E-state index is -2.41. The van der Waals surface area contributed by atoms with Crippen molar-refractivity contribution >= 4 is 0 Å². The Balaban J connectivity index is 0.000000166. The van der Waals surface area contributed by atoms with Crippen molar-refractivity contribution in [2.24, 2.45) is 46.6 Å². The molecule has 0 N–H and O–H groups in total. The summed E-state index contributed by atoms with van der Waals surface area (Å²) in [4.78, 5) is 0. The molecule has 5 heteroatoms. The van der Waals surface area contributed by atoms with E-state index >= 15 is 0 Å². The zero-order valence-electron chi connectivity index (χ0n) is 91.8. The summed E-state index contributed by atoms with van der Waals surface area (Å²) in [6.45, 7) is 13.2. The number of hydrogen-bond acceptors (Lipinski definition) is 0. The number of hydrogen-bond donors (Lipinski definition) is 0. The van der Waals surface area contributed by atoms with Gasteiger partial charge >= 0.3 is 0 Å². The first-order valence-corrected chi connectivity index (χ1v) is 40.2. The van der Waals surface area contributed by atoms with Gasteiger partial charge in [-0.25, -0.2) is 22.8 Å². The Morgan fingerprint density at radius 2 is 0.576 bits per heavy atom. The van der Waals surface area contributed by atoms with E-state index in [4.69, 9.17) is 27.4 Å². The molecule has 0 fully saturated rings. The van der Waals surface area contributed by atoms with Gasteiger partial charge in [-0.05, 0) is 248 Å². The highest BCUT2D eigenvalue weighted by Crippen LogP contribution is 2.36. The van der Waals surface area contributed by atoms with Crippen LogP contribution < -0.4 is 22.8 Å². The molecule has 10 aromatic carbocycles. The minimum Gasteiger partial charge on any atom is -0.201 e. The fraction of sp³-hybridized carbons (Fsp3) is 0.248. The van der Waals surface area contributed by atoms with Crippen molar-refractivity contribution < 1.29 is 50.3 Å². The van der Waals surface area contributed by atoms with Crippen molar-refractivity contribution in [3.05, 3.63) is 388 Å². The second kappa shape index (κ2) is 39.3. The highest BCUT2D eigenvalue weighted by atomic mass is 14.9. The van der Waals surface area contributed by atoms with Gasteiger partial charge in [-0.1, -0.05) is 261 Å². The largest absolute Gasteiger partial charge is 0.212 e. The van der Waals surface area contributed by atoms with E-state index in [1.54, 1.807) is 107 Å². The van der Waals surface area contributed by atoms with Gasteiger partial charge < -0.3 is 0 Å². The summed E-state index contributed by atoms with van der Waals surface area (Å²) >= 11 is 0. The van der Waals surface area contributed by atoms with Crippen LogP contribution in [0.15, 0.2) is 310 Å². The second-order valence-electron chi connectivity index (χ2n) is 32.2. The van der Waals surface area contributed by atoms with E-state index in [2.05, 4.69) is 153 Å². The molecule has 0 radical (unpaired) electrons. The van der Waals surface area contributed by atoms with E-state index in [9.17, 15) is 0 Å². The lowest BCUT2D eigenvalue weighted by Gasteiger charge is -2.19. The van der Waals surface area contributed by atoms with Crippen LogP contribution in [0.2, 0.25) is 0 Å². The Hall–Kier alpha value is -12.1. The first-order valence-electron chi connectivity index (χ1n) is 50.2. The summed E-state index contributed by atoms with van der Waals surface area (Å²) < 4.78 is 170. The van der Waals surface area contributed by atoms with Crippen LogP contribution in [-0.2, 0) is 48.0 Å². The second-order valence-corrected chi connectivity index (χ2v) is 32.2. The van der Waals surface area contributed by atoms with Crippen molar-refractivity contribution in [1.29, 1.82) is 0 Å². The third-order valence-electron chi connectivity index (χ3n) is 21.0.